The van der Waals surface area contributed by atoms with E-state index in [9.17, 15) is 9.90 Å². The van der Waals surface area contributed by atoms with Gasteiger partial charge in [-0.2, -0.15) is 0 Å². The van der Waals surface area contributed by atoms with Crippen molar-refractivity contribution in [1.82, 2.24) is 0 Å². The fraction of sp³-hybridized carbons (Fsp3) is 0.188. The lowest BCUT2D eigenvalue weighted by Gasteiger charge is -2.17. The van der Waals surface area contributed by atoms with Gasteiger partial charge >= 0.3 is 5.97 Å². The normalized spacial score (nSPS) is 12.1. The van der Waals surface area contributed by atoms with Crippen LogP contribution >= 0.6 is 0 Å². The predicted octanol–water partition coefficient (Wildman–Crippen LogP) is 2.90. The van der Waals surface area contributed by atoms with E-state index in [-0.39, 0.29) is 18.9 Å². The number of aliphatic carboxylic acids is 1. The number of rotatable bonds is 5. The molecule has 0 radical (unpaired) electrons. The third kappa shape index (κ3) is 3.20. The smallest absolute Gasteiger partial charge is 0.304 e. The molecule has 0 aliphatic carbocycles. The highest BCUT2D eigenvalue weighted by atomic mass is 16.4. The van der Waals surface area contributed by atoms with Gasteiger partial charge in [-0.3, -0.25) is 4.79 Å². The first kappa shape index (κ1) is 13.3. The van der Waals surface area contributed by atoms with E-state index in [2.05, 4.69) is 0 Å². The largest absolute Gasteiger partial charge is 0.481 e. The molecule has 0 fully saturated rings. The van der Waals surface area contributed by atoms with Crippen LogP contribution in [0.3, 0.4) is 0 Å². The van der Waals surface area contributed by atoms with Gasteiger partial charge in [-0.05, 0) is 16.7 Å². The minimum atomic E-state index is -0.901. The number of aliphatic hydroxyl groups excluding tert-OH is 1. The van der Waals surface area contributed by atoms with E-state index >= 15 is 0 Å². The molecule has 19 heavy (non-hydrogen) atoms. The van der Waals surface area contributed by atoms with Crippen LogP contribution < -0.4 is 0 Å². The summed E-state index contributed by atoms with van der Waals surface area (Å²) in [5.41, 5.74) is 2.88. The third-order valence-corrected chi connectivity index (χ3v) is 3.13. The Hall–Kier alpha value is -2.13. The molecule has 0 saturated heterocycles. The second-order valence-electron chi connectivity index (χ2n) is 4.43. The zero-order valence-corrected chi connectivity index (χ0v) is 10.5. The summed E-state index contributed by atoms with van der Waals surface area (Å²) < 4.78 is 0. The maximum absolute atomic E-state index is 10.9. The molecule has 0 bridgehead atoms. The van der Waals surface area contributed by atoms with Gasteiger partial charge in [0.1, 0.15) is 0 Å². The molecule has 0 heterocycles. The summed E-state index contributed by atoms with van der Waals surface area (Å²) in [6.07, 6.45) is -0.0691. The van der Waals surface area contributed by atoms with Crippen LogP contribution in [0.15, 0.2) is 54.6 Å². The summed E-state index contributed by atoms with van der Waals surface area (Å²) >= 11 is 0. The van der Waals surface area contributed by atoms with Crippen LogP contribution in [0.25, 0.3) is 11.1 Å². The Labute approximate surface area is 112 Å². The molecule has 0 spiro atoms. The van der Waals surface area contributed by atoms with E-state index < -0.39 is 5.97 Å². The van der Waals surface area contributed by atoms with Gasteiger partial charge < -0.3 is 10.2 Å². The summed E-state index contributed by atoms with van der Waals surface area (Å²) in [6.45, 7) is -0.170. The average molecular weight is 256 g/mol. The minimum absolute atomic E-state index is 0.0691. The SMILES string of the molecule is O=C(O)CC(CO)c1ccccc1-c1ccccc1. The predicted molar refractivity (Wildman–Crippen MR) is 74.0 cm³/mol. The van der Waals surface area contributed by atoms with Crippen molar-refractivity contribution < 1.29 is 15.0 Å². The van der Waals surface area contributed by atoms with Gasteiger partial charge in [0.15, 0.2) is 0 Å². The Morgan fingerprint density at radius 1 is 1.00 bits per heavy atom. The van der Waals surface area contributed by atoms with Crippen molar-refractivity contribution in [1.29, 1.82) is 0 Å². The lowest BCUT2D eigenvalue weighted by atomic mass is 9.89. The zero-order chi connectivity index (χ0) is 13.7. The van der Waals surface area contributed by atoms with E-state index in [1.54, 1.807) is 0 Å². The first-order valence-corrected chi connectivity index (χ1v) is 6.19. The lowest BCUT2D eigenvalue weighted by Crippen LogP contribution is -2.11. The number of carboxylic acids is 1. The summed E-state index contributed by atoms with van der Waals surface area (Å²) in [5, 5.41) is 18.4. The van der Waals surface area contributed by atoms with Crippen molar-refractivity contribution in [2.45, 2.75) is 12.3 Å². The average Bonchev–Trinajstić information content (AvgIpc) is 2.45. The first-order chi connectivity index (χ1) is 9.22. The molecule has 0 aromatic heterocycles. The van der Waals surface area contributed by atoms with Crippen molar-refractivity contribution in [3.63, 3.8) is 0 Å². The Balaban J connectivity index is 2.43. The first-order valence-electron chi connectivity index (χ1n) is 6.19. The molecule has 2 N–H and O–H groups in total. The van der Waals surface area contributed by atoms with Gasteiger partial charge in [0.05, 0.1) is 13.0 Å². The molecule has 2 aromatic carbocycles. The van der Waals surface area contributed by atoms with E-state index in [0.29, 0.717) is 0 Å². The maximum atomic E-state index is 10.9. The van der Waals surface area contributed by atoms with Crippen molar-refractivity contribution in [3.05, 3.63) is 60.2 Å². The number of carbonyl (C=O) groups is 1. The van der Waals surface area contributed by atoms with Crippen molar-refractivity contribution in [2.24, 2.45) is 0 Å². The fourth-order valence-electron chi connectivity index (χ4n) is 2.22. The number of hydrogen-bond acceptors (Lipinski definition) is 2. The van der Waals surface area contributed by atoms with E-state index in [0.717, 1.165) is 16.7 Å². The number of aliphatic hydroxyl groups is 1. The minimum Gasteiger partial charge on any atom is -0.481 e. The Kier molecular flexibility index (Phi) is 4.31. The topological polar surface area (TPSA) is 57.5 Å². The van der Waals surface area contributed by atoms with Crippen molar-refractivity contribution >= 4 is 5.97 Å². The number of carboxylic acid groups (broad SMARTS) is 1. The van der Waals surface area contributed by atoms with E-state index in [1.165, 1.54) is 0 Å². The second-order valence-corrected chi connectivity index (χ2v) is 4.43. The Morgan fingerprint density at radius 3 is 2.26 bits per heavy atom. The number of benzene rings is 2. The second kappa shape index (κ2) is 6.16. The summed E-state index contributed by atoms with van der Waals surface area (Å²) in [5.74, 6) is -1.28. The van der Waals surface area contributed by atoms with Crippen LogP contribution in [-0.4, -0.2) is 22.8 Å². The van der Waals surface area contributed by atoms with E-state index in [1.807, 2.05) is 54.6 Å². The number of hydrogen-bond donors (Lipinski definition) is 2. The van der Waals surface area contributed by atoms with Crippen LogP contribution in [0.4, 0.5) is 0 Å². The monoisotopic (exact) mass is 256 g/mol. The molecule has 2 aromatic rings. The zero-order valence-electron chi connectivity index (χ0n) is 10.5. The van der Waals surface area contributed by atoms with Gasteiger partial charge in [0.2, 0.25) is 0 Å². The van der Waals surface area contributed by atoms with Crippen LogP contribution in [0, 0.1) is 0 Å². The molecule has 0 saturated carbocycles. The molecular weight excluding hydrogens is 240 g/mol. The molecule has 0 aliphatic rings. The van der Waals surface area contributed by atoms with Gasteiger partial charge in [0.25, 0.3) is 0 Å². The molecule has 2 rings (SSSR count). The van der Waals surface area contributed by atoms with Gasteiger partial charge in [-0.25, -0.2) is 0 Å². The molecule has 1 unspecified atom stereocenters. The van der Waals surface area contributed by atoms with Gasteiger partial charge in [0, 0.05) is 5.92 Å². The van der Waals surface area contributed by atoms with Crippen molar-refractivity contribution in [3.8, 4) is 11.1 Å². The van der Waals surface area contributed by atoms with Crippen LogP contribution in [-0.2, 0) is 4.79 Å². The van der Waals surface area contributed by atoms with Crippen LogP contribution in [0.5, 0.6) is 0 Å². The highest BCUT2D eigenvalue weighted by Gasteiger charge is 2.18. The summed E-state index contributed by atoms with van der Waals surface area (Å²) in [7, 11) is 0. The standard InChI is InChI=1S/C16H16O3/c17-11-13(10-16(18)19)15-9-5-4-8-14(15)12-6-2-1-3-7-12/h1-9,13,17H,10-11H2,(H,18,19). The molecule has 0 amide bonds. The quantitative estimate of drug-likeness (QED) is 0.864. The Bertz CT molecular complexity index is 549. The molecule has 3 nitrogen and oxygen atoms in total. The Morgan fingerprint density at radius 2 is 1.63 bits per heavy atom. The third-order valence-electron chi connectivity index (χ3n) is 3.13. The highest BCUT2D eigenvalue weighted by Crippen LogP contribution is 2.30. The fourth-order valence-corrected chi connectivity index (χ4v) is 2.22. The van der Waals surface area contributed by atoms with Gasteiger partial charge in [-0.1, -0.05) is 54.6 Å². The van der Waals surface area contributed by atoms with Crippen LogP contribution in [0.2, 0.25) is 0 Å². The van der Waals surface area contributed by atoms with Crippen molar-refractivity contribution in [2.75, 3.05) is 6.61 Å². The molecule has 98 valence electrons. The molecule has 1 atom stereocenters. The van der Waals surface area contributed by atoms with Gasteiger partial charge in [-0.15, -0.1) is 0 Å². The lowest BCUT2D eigenvalue weighted by molar-refractivity contribution is -0.137. The molecule has 0 aliphatic heterocycles. The summed E-state index contributed by atoms with van der Waals surface area (Å²) in [4.78, 5) is 10.9. The summed E-state index contributed by atoms with van der Waals surface area (Å²) in [6, 6.07) is 17.4. The van der Waals surface area contributed by atoms with Crippen LogP contribution in [0.1, 0.15) is 17.9 Å². The van der Waals surface area contributed by atoms with E-state index in [4.69, 9.17) is 5.11 Å². The maximum Gasteiger partial charge on any atom is 0.304 e. The highest BCUT2D eigenvalue weighted by molar-refractivity contribution is 5.72. The molecule has 3 heteroatoms. The molecular formula is C16H16O3.